The van der Waals surface area contributed by atoms with E-state index in [0.29, 0.717) is 17.2 Å². The van der Waals surface area contributed by atoms with Gasteiger partial charge in [-0.25, -0.2) is 9.97 Å². The zero-order valence-corrected chi connectivity index (χ0v) is 11.5. The third-order valence-electron chi connectivity index (χ3n) is 3.06. The van der Waals surface area contributed by atoms with Crippen molar-refractivity contribution in [1.29, 1.82) is 5.41 Å². The van der Waals surface area contributed by atoms with Crippen LogP contribution < -0.4 is 10.5 Å². The first-order valence-corrected chi connectivity index (χ1v) is 6.48. The normalized spacial score (nSPS) is 10.5. The Kier molecular flexibility index (Phi) is 3.23. The van der Waals surface area contributed by atoms with E-state index in [1.807, 2.05) is 37.3 Å². The Morgan fingerprint density at radius 2 is 2.00 bits per heavy atom. The number of nitrogens with zero attached hydrogens (tertiary/aromatic N) is 2. The van der Waals surface area contributed by atoms with Crippen LogP contribution in [0, 0.1) is 12.3 Å². The van der Waals surface area contributed by atoms with Crippen molar-refractivity contribution in [2.75, 3.05) is 0 Å². The number of nitrogens with one attached hydrogen (secondary N) is 1. The van der Waals surface area contributed by atoms with Gasteiger partial charge in [-0.15, -0.1) is 0 Å². The third-order valence-corrected chi connectivity index (χ3v) is 3.06. The molecule has 0 saturated carbocycles. The molecule has 0 spiro atoms. The van der Waals surface area contributed by atoms with Gasteiger partial charge >= 0.3 is 0 Å². The van der Waals surface area contributed by atoms with Crippen molar-refractivity contribution >= 4 is 16.7 Å². The topological polar surface area (TPSA) is 84.9 Å². The van der Waals surface area contributed by atoms with Crippen molar-refractivity contribution in [3.8, 4) is 11.5 Å². The lowest BCUT2D eigenvalue weighted by Crippen LogP contribution is -2.12. The largest absolute Gasteiger partial charge is 0.453 e. The van der Waals surface area contributed by atoms with Crippen LogP contribution in [0.25, 0.3) is 10.9 Å². The Balaban J connectivity index is 1.97. The number of para-hydroxylation sites is 1. The summed E-state index contributed by atoms with van der Waals surface area (Å²) in [4.78, 5) is 8.60. The first-order chi connectivity index (χ1) is 10.1. The van der Waals surface area contributed by atoms with Crippen LogP contribution in [-0.4, -0.2) is 15.8 Å². The minimum Gasteiger partial charge on any atom is -0.453 e. The highest BCUT2D eigenvalue weighted by Crippen LogP contribution is 2.28. The number of pyridine rings is 2. The summed E-state index contributed by atoms with van der Waals surface area (Å²) in [5.74, 6) is 1.19. The number of benzene rings is 1. The molecule has 21 heavy (non-hydrogen) atoms. The Morgan fingerprint density at radius 3 is 2.71 bits per heavy atom. The van der Waals surface area contributed by atoms with Gasteiger partial charge in [0.1, 0.15) is 22.8 Å². The fourth-order valence-electron chi connectivity index (χ4n) is 2.03. The second kappa shape index (κ2) is 5.20. The van der Waals surface area contributed by atoms with E-state index in [0.717, 1.165) is 16.6 Å². The van der Waals surface area contributed by atoms with Crippen LogP contribution in [0.15, 0.2) is 48.7 Å². The maximum Gasteiger partial charge on any atom is 0.153 e. The van der Waals surface area contributed by atoms with Gasteiger partial charge in [0.15, 0.2) is 5.75 Å². The number of ether oxygens (including phenoxy) is 1. The molecule has 1 aromatic carbocycles. The number of nitrogens with two attached hydrogens (primary N) is 1. The minimum atomic E-state index is -0.0657. The maximum absolute atomic E-state index is 7.32. The molecule has 0 aliphatic rings. The lowest BCUT2D eigenvalue weighted by Gasteiger charge is -2.09. The summed E-state index contributed by atoms with van der Waals surface area (Å²) in [6.45, 7) is 1.94. The Hall–Kier alpha value is -2.95. The van der Waals surface area contributed by atoms with Gasteiger partial charge in [0.05, 0.1) is 6.20 Å². The number of rotatable bonds is 3. The quantitative estimate of drug-likeness (QED) is 0.569. The Morgan fingerprint density at radius 1 is 1.14 bits per heavy atom. The van der Waals surface area contributed by atoms with Gasteiger partial charge < -0.3 is 10.5 Å². The minimum absolute atomic E-state index is 0.0657. The number of hydrogen-bond acceptors (Lipinski definition) is 4. The summed E-state index contributed by atoms with van der Waals surface area (Å²) in [6.07, 6.45) is 1.55. The van der Waals surface area contributed by atoms with Crippen molar-refractivity contribution < 1.29 is 4.74 Å². The smallest absolute Gasteiger partial charge is 0.153 e. The Bertz CT molecular complexity index is 812. The van der Waals surface area contributed by atoms with E-state index in [9.17, 15) is 0 Å². The van der Waals surface area contributed by atoms with Gasteiger partial charge in [0, 0.05) is 11.1 Å². The number of amidine groups is 1. The molecule has 5 nitrogen and oxygen atoms in total. The number of aromatic nitrogens is 2. The predicted molar refractivity (Wildman–Crippen MR) is 81.8 cm³/mol. The highest BCUT2D eigenvalue weighted by atomic mass is 16.5. The van der Waals surface area contributed by atoms with Gasteiger partial charge in [-0.2, -0.15) is 0 Å². The first kappa shape index (κ1) is 13.1. The van der Waals surface area contributed by atoms with E-state index in [4.69, 9.17) is 15.9 Å². The van der Waals surface area contributed by atoms with Gasteiger partial charge in [0.2, 0.25) is 0 Å². The summed E-state index contributed by atoms with van der Waals surface area (Å²) in [5, 5.41) is 8.34. The van der Waals surface area contributed by atoms with Crippen LogP contribution in [0.1, 0.15) is 11.4 Å². The van der Waals surface area contributed by atoms with Crippen molar-refractivity contribution in [2.24, 2.45) is 5.73 Å². The molecule has 0 aliphatic heterocycles. The SMILES string of the molecule is Cc1ccc2cccc(Oc3ccc(C(=N)N)nc3)c2n1. The standard InChI is InChI=1S/C16H14N4O/c1-10-5-6-11-3-2-4-14(15(11)20-10)21-12-7-8-13(16(17)18)19-9-12/h2-9H,1H3,(H3,17,18). The molecule has 2 aromatic heterocycles. The Labute approximate surface area is 121 Å². The van der Waals surface area contributed by atoms with Crippen molar-refractivity contribution in [3.05, 3.63) is 60.0 Å². The monoisotopic (exact) mass is 278 g/mol. The van der Waals surface area contributed by atoms with Gasteiger partial charge in [0.25, 0.3) is 0 Å². The molecule has 5 heteroatoms. The highest BCUT2D eigenvalue weighted by Gasteiger charge is 2.06. The maximum atomic E-state index is 7.32. The highest BCUT2D eigenvalue weighted by molar-refractivity contribution is 5.93. The number of fused-ring (bicyclic) bond motifs is 1. The summed E-state index contributed by atoms with van der Waals surface area (Å²) in [7, 11) is 0. The van der Waals surface area contributed by atoms with E-state index >= 15 is 0 Å². The number of aryl methyl sites for hydroxylation is 1. The van der Waals surface area contributed by atoms with Crippen molar-refractivity contribution in [1.82, 2.24) is 9.97 Å². The van der Waals surface area contributed by atoms with E-state index in [1.54, 1.807) is 18.3 Å². The lowest BCUT2D eigenvalue weighted by molar-refractivity contribution is 0.484. The second-order valence-corrected chi connectivity index (χ2v) is 4.68. The summed E-state index contributed by atoms with van der Waals surface area (Å²) in [6, 6.07) is 13.2. The molecule has 0 unspecified atom stereocenters. The van der Waals surface area contributed by atoms with Gasteiger partial charge in [-0.1, -0.05) is 18.2 Å². The molecule has 0 aliphatic carbocycles. The van der Waals surface area contributed by atoms with Crippen LogP contribution in [0.5, 0.6) is 11.5 Å². The van der Waals surface area contributed by atoms with Crippen molar-refractivity contribution in [3.63, 3.8) is 0 Å². The molecule has 0 bridgehead atoms. The number of nitrogen functional groups attached to an aromatic ring is 1. The van der Waals surface area contributed by atoms with Gasteiger partial charge in [-0.05, 0) is 31.2 Å². The molecule has 3 rings (SSSR count). The van der Waals surface area contributed by atoms with Crippen LogP contribution >= 0.6 is 0 Å². The van der Waals surface area contributed by atoms with Crippen LogP contribution in [-0.2, 0) is 0 Å². The summed E-state index contributed by atoms with van der Waals surface area (Å²) in [5.41, 5.74) is 7.55. The zero-order chi connectivity index (χ0) is 14.8. The molecule has 2 heterocycles. The molecular weight excluding hydrogens is 264 g/mol. The molecular formula is C16H14N4O. The predicted octanol–water partition coefficient (Wildman–Crippen LogP) is 3.01. The number of hydrogen-bond donors (Lipinski definition) is 2. The summed E-state index contributed by atoms with van der Waals surface area (Å²) < 4.78 is 5.85. The zero-order valence-electron chi connectivity index (χ0n) is 11.5. The van der Waals surface area contributed by atoms with Crippen LogP contribution in [0.4, 0.5) is 0 Å². The molecule has 104 valence electrons. The fraction of sp³-hybridized carbons (Fsp3) is 0.0625. The molecule has 0 amide bonds. The first-order valence-electron chi connectivity index (χ1n) is 6.48. The second-order valence-electron chi connectivity index (χ2n) is 4.68. The average molecular weight is 278 g/mol. The molecule has 0 saturated heterocycles. The van der Waals surface area contributed by atoms with E-state index in [-0.39, 0.29) is 5.84 Å². The molecule has 0 atom stereocenters. The van der Waals surface area contributed by atoms with Crippen molar-refractivity contribution in [2.45, 2.75) is 6.92 Å². The summed E-state index contributed by atoms with van der Waals surface area (Å²) >= 11 is 0. The lowest BCUT2D eigenvalue weighted by atomic mass is 10.2. The van der Waals surface area contributed by atoms with E-state index < -0.39 is 0 Å². The van der Waals surface area contributed by atoms with E-state index in [1.165, 1.54) is 0 Å². The average Bonchev–Trinajstić information content (AvgIpc) is 2.48. The van der Waals surface area contributed by atoms with Gasteiger partial charge in [-0.3, -0.25) is 5.41 Å². The molecule has 3 N–H and O–H groups in total. The molecule has 3 aromatic rings. The van der Waals surface area contributed by atoms with Crippen LogP contribution in [0.2, 0.25) is 0 Å². The van der Waals surface area contributed by atoms with E-state index in [2.05, 4.69) is 9.97 Å². The van der Waals surface area contributed by atoms with Crippen LogP contribution in [0.3, 0.4) is 0 Å². The molecule has 0 radical (unpaired) electrons. The fourth-order valence-corrected chi connectivity index (χ4v) is 2.03. The molecule has 0 fully saturated rings. The third kappa shape index (κ3) is 2.67.